The van der Waals surface area contributed by atoms with Gasteiger partial charge in [0.15, 0.2) is 0 Å². The van der Waals surface area contributed by atoms with Crippen LogP contribution in [0.25, 0.3) is 0 Å². The van der Waals surface area contributed by atoms with Gasteiger partial charge in [0.1, 0.15) is 11.5 Å². The van der Waals surface area contributed by atoms with E-state index in [0.29, 0.717) is 6.04 Å². The third-order valence-electron chi connectivity index (χ3n) is 2.99. The van der Waals surface area contributed by atoms with Gasteiger partial charge in [-0.3, -0.25) is 4.98 Å². The van der Waals surface area contributed by atoms with Gasteiger partial charge in [0.05, 0.1) is 0 Å². The van der Waals surface area contributed by atoms with Crippen molar-refractivity contribution < 1.29 is 4.74 Å². The van der Waals surface area contributed by atoms with Crippen molar-refractivity contribution in [1.82, 2.24) is 10.3 Å². The van der Waals surface area contributed by atoms with Crippen LogP contribution in [-0.4, -0.2) is 11.0 Å². The quantitative estimate of drug-likeness (QED) is 0.871. The molecule has 0 amide bonds. The van der Waals surface area contributed by atoms with Crippen molar-refractivity contribution in [3.8, 4) is 11.5 Å². The molecule has 1 saturated carbocycles. The molecule has 0 radical (unpaired) electrons. The molecule has 2 aromatic rings. The van der Waals surface area contributed by atoms with Gasteiger partial charge in [-0.1, -0.05) is 18.2 Å². The van der Waals surface area contributed by atoms with Gasteiger partial charge in [-0.2, -0.15) is 0 Å². The Morgan fingerprint density at radius 2 is 2.00 bits per heavy atom. The number of nitrogens with one attached hydrogen (secondary N) is 1. The van der Waals surface area contributed by atoms with E-state index in [9.17, 15) is 0 Å². The first-order valence-corrected chi connectivity index (χ1v) is 6.31. The zero-order chi connectivity index (χ0) is 12.2. The van der Waals surface area contributed by atoms with Crippen molar-refractivity contribution in [1.29, 1.82) is 0 Å². The van der Waals surface area contributed by atoms with Gasteiger partial charge < -0.3 is 10.1 Å². The molecule has 1 aromatic carbocycles. The highest BCUT2D eigenvalue weighted by molar-refractivity contribution is 5.35. The summed E-state index contributed by atoms with van der Waals surface area (Å²) in [7, 11) is 0. The van der Waals surface area contributed by atoms with Crippen LogP contribution in [0.1, 0.15) is 18.4 Å². The van der Waals surface area contributed by atoms with Crippen molar-refractivity contribution in [2.24, 2.45) is 0 Å². The van der Waals surface area contributed by atoms with E-state index in [1.54, 1.807) is 6.20 Å². The number of benzene rings is 1. The highest BCUT2D eigenvalue weighted by Gasteiger charge is 2.20. The van der Waals surface area contributed by atoms with E-state index in [0.717, 1.165) is 23.6 Å². The Kier molecular flexibility index (Phi) is 3.24. The number of rotatable bonds is 5. The Balaban J connectivity index is 1.73. The Hall–Kier alpha value is -1.87. The molecule has 1 heterocycles. The van der Waals surface area contributed by atoms with Crippen molar-refractivity contribution in [3.63, 3.8) is 0 Å². The number of nitrogens with zero attached hydrogens (tertiary/aromatic N) is 1. The number of hydrogen-bond donors (Lipinski definition) is 1. The van der Waals surface area contributed by atoms with E-state index in [4.69, 9.17) is 4.74 Å². The second-order valence-electron chi connectivity index (χ2n) is 4.55. The molecule has 0 atom stereocenters. The number of para-hydroxylation sites is 1. The molecule has 0 aliphatic heterocycles. The van der Waals surface area contributed by atoms with Crippen LogP contribution in [0, 0.1) is 0 Å². The van der Waals surface area contributed by atoms with Crippen molar-refractivity contribution >= 4 is 0 Å². The summed E-state index contributed by atoms with van der Waals surface area (Å²) in [6, 6.07) is 12.4. The van der Waals surface area contributed by atoms with Crippen LogP contribution in [-0.2, 0) is 6.54 Å². The standard InChI is InChI=1S/C15H16N2O/c1-2-4-14(5-3-1)18-15-8-9-16-10-12(15)11-17-13-6-7-13/h1-5,8-10,13,17H,6-7,11H2. The normalized spacial score (nSPS) is 14.4. The van der Waals surface area contributed by atoms with Crippen molar-refractivity contribution in [2.45, 2.75) is 25.4 Å². The zero-order valence-electron chi connectivity index (χ0n) is 10.2. The van der Waals surface area contributed by atoms with Gasteiger partial charge >= 0.3 is 0 Å². The lowest BCUT2D eigenvalue weighted by Crippen LogP contribution is -2.15. The smallest absolute Gasteiger partial charge is 0.134 e. The Labute approximate surface area is 107 Å². The van der Waals surface area contributed by atoms with Crippen LogP contribution in [0.4, 0.5) is 0 Å². The molecule has 92 valence electrons. The number of ether oxygens (including phenoxy) is 1. The molecule has 0 unspecified atom stereocenters. The van der Waals surface area contributed by atoms with E-state index >= 15 is 0 Å². The van der Waals surface area contributed by atoms with Gasteiger partial charge in [0.25, 0.3) is 0 Å². The SMILES string of the molecule is c1ccc(Oc2ccncc2CNC2CC2)cc1. The molecule has 1 aliphatic carbocycles. The summed E-state index contributed by atoms with van der Waals surface area (Å²) in [6.07, 6.45) is 6.21. The summed E-state index contributed by atoms with van der Waals surface area (Å²) in [4.78, 5) is 4.17. The molecule has 0 saturated heterocycles. The lowest BCUT2D eigenvalue weighted by Gasteiger charge is -2.11. The van der Waals surface area contributed by atoms with Crippen LogP contribution in [0.5, 0.6) is 11.5 Å². The fourth-order valence-electron chi connectivity index (χ4n) is 1.80. The fourth-order valence-corrected chi connectivity index (χ4v) is 1.80. The molecule has 1 aromatic heterocycles. The first-order valence-electron chi connectivity index (χ1n) is 6.31. The van der Waals surface area contributed by atoms with Crippen LogP contribution in [0.15, 0.2) is 48.8 Å². The summed E-state index contributed by atoms with van der Waals surface area (Å²) in [6.45, 7) is 0.820. The minimum absolute atomic E-state index is 0.690. The predicted molar refractivity (Wildman–Crippen MR) is 70.6 cm³/mol. The molecule has 1 fully saturated rings. The lowest BCUT2D eigenvalue weighted by molar-refractivity contribution is 0.471. The van der Waals surface area contributed by atoms with Crippen LogP contribution >= 0.6 is 0 Å². The van der Waals surface area contributed by atoms with E-state index < -0.39 is 0 Å². The number of hydrogen-bond acceptors (Lipinski definition) is 3. The predicted octanol–water partition coefficient (Wildman–Crippen LogP) is 3.13. The van der Waals surface area contributed by atoms with E-state index in [2.05, 4.69) is 10.3 Å². The first kappa shape index (κ1) is 11.2. The summed E-state index contributed by atoms with van der Waals surface area (Å²) in [5.41, 5.74) is 1.10. The minimum Gasteiger partial charge on any atom is -0.457 e. The zero-order valence-corrected chi connectivity index (χ0v) is 10.2. The van der Waals surface area contributed by atoms with E-state index in [-0.39, 0.29) is 0 Å². The van der Waals surface area contributed by atoms with Gasteiger partial charge in [-0.15, -0.1) is 0 Å². The molecule has 3 nitrogen and oxygen atoms in total. The maximum atomic E-state index is 5.88. The molecule has 3 heteroatoms. The third-order valence-corrected chi connectivity index (χ3v) is 2.99. The van der Waals surface area contributed by atoms with Crippen molar-refractivity contribution in [3.05, 3.63) is 54.4 Å². The minimum atomic E-state index is 0.690. The Bertz CT molecular complexity index is 509. The topological polar surface area (TPSA) is 34.1 Å². The molecule has 3 rings (SSSR count). The Morgan fingerprint density at radius 1 is 1.17 bits per heavy atom. The first-order chi connectivity index (χ1) is 8.92. The third kappa shape index (κ3) is 2.87. The van der Waals surface area contributed by atoms with E-state index in [1.807, 2.05) is 42.6 Å². The molecule has 0 bridgehead atoms. The largest absolute Gasteiger partial charge is 0.457 e. The summed E-state index contributed by atoms with van der Waals surface area (Å²) in [5, 5.41) is 3.48. The average molecular weight is 240 g/mol. The highest BCUT2D eigenvalue weighted by atomic mass is 16.5. The van der Waals surface area contributed by atoms with Crippen LogP contribution in [0.2, 0.25) is 0 Å². The van der Waals surface area contributed by atoms with Gasteiger partial charge in [-0.25, -0.2) is 0 Å². The Morgan fingerprint density at radius 3 is 2.78 bits per heavy atom. The lowest BCUT2D eigenvalue weighted by atomic mass is 10.2. The molecule has 0 spiro atoms. The summed E-state index contributed by atoms with van der Waals surface area (Å²) >= 11 is 0. The molecule has 1 aliphatic rings. The van der Waals surface area contributed by atoms with Crippen molar-refractivity contribution in [2.75, 3.05) is 0 Å². The maximum Gasteiger partial charge on any atom is 0.134 e. The van der Waals surface area contributed by atoms with Gasteiger partial charge in [0.2, 0.25) is 0 Å². The summed E-state index contributed by atoms with van der Waals surface area (Å²) < 4.78 is 5.88. The monoisotopic (exact) mass is 240 g/mol. The van der Waals surface area contributed by atoms with Gasteiger partial charge in [0, 0.05) is 30.5 Å². The van der Waals surface area contributed by atoms with Crippen LogP contribution < -0.4 is 10.1 Å². The molecular formula is C15H16N2O. The van der Waals surface area contributed by atoms with Gasteiger partial charge in [-0.05, 0) is 31.0 Å². The highest BCUT2D eigenvalue weighted by Crippen LogP contribution is 2.25. The molecular weight excluding hydrogens is 224 g/mol. The number of aromatic nitrogens is 1. The molecule has 18 heavy (non-hydrogen) atoms. The second-order valence-corrected chi connectivity index (χ2v) is 4.55. The summed E-state index contributed by atoms with van der Waals surface area (Å²) in [5.74, 6) is 1.74. The van der Waals surface area contributed by atoms with E-state index in [1.165, 1.54) is 12.8 Å². The number of pyridine rings is 1. The van der Waals surface area contributed by atoms with Crippen LogP contribution in [0.3, 0.4) is 0 Å². The fraction of sp³-hybridized carbons (Fsp3) is 0.267. The molecule has 1 N–H and O–H groups in total. The maximum absolute atomic E-state index is 5.88. The average Bonchev–Trinajstić information content (AvgIpc) is 3.23. The second kappa shape index (κ2) is 5.19.